The summed E-state index contributed by atoms with van der Waals surface area (Å²) in [4.78, 5) is 0. The van der Waals surface area contributed by atoms with E-state index in [0.29, 0.717) is 4.47 Å². The molecule has 1 aromatic carbocycles. The second kappa shape index (κ2) is 4.49. The van der Waals surface area contributed by atoms with Crippen LogP contribution in [0.2, 0.25) is 0 Å². The molecule has 0 aromatic heterocycles. The first-order valence-electron chi connectivity index (χ1n) is 4.05. The molecule has 1 rings (SSSR count). The lowest BCUT2D eigenvalue weighted by molar-refractivity contribution is -0.156. The molecule has 0 bridgehead atoms. The molecule has 1 nitrogen and oxygen atoms in total. The van der Waals surface area contributed by atoms with Crippen LogP contribution in [0.5, 0.6) is 0 Å². The predicted molar refractivity (Wildman–Crippen MR) is 52.0 cm³/mol. The third-order valence-electron chi connectivity index (χ3n) is 1.89. The van der Waals surface area contributed by atoms with Gasteiger partial charge < -0.3 is 5.32 Å². The van der Waals surface area contributed by atoms with E-state index < -0.39 is 23.6 Å². The summed E-state index contributed by atoms with van der Waals surface area (Å²) >= 11 is 2.98. The van der Waals surface area contributed by atoms with E-state index in [-0.39, 0.29) is 0 Å². The summed E-state index contributed by atoms with van der Waals surface area (Å²) in [7, 11) is 1.14. The standard InChI is InChI=1S/C9H8BrF4N/c1-15-8(9(12,13)14)6-3-2-5(10)4-7(6)11/h2-4,8,15H,1H3/t8-/m0/s1. The van der Waals surface area contributed by atoms with Crippen LogP contribution in [-0.4, -0.2) is 13.2 Å². The summed E-state index contributed by atoms with van der Waals surface area (Å²) in [5.41, 5.74) is -0.409. The Bertz CT molecular complexity index is 350. The summed E-state index contributed by atoms with van der Waals surface area (Å²) in [6.07, 6.45) is -4.51. The van der Waals surface area contributed by atoms with Crippen molar-refractivity contribution in [1.82, 2.24) is 5.32 Å². The number of hydrogen-bond donors (Lipinski definition) is 1. The number of benzene rings is 1. The van der Waals surface area contributed by atoms with Crippen LogP contribution in [0, 0.1) is 5.82 Å². The summed E-state index contributed by atoms with van der Waals surface area (Å²) in [5.74, 6) is -0.888. The van der Waals surface area contributed by atoms with Gasteiger partial charge in [0.25, 0.3) is 0 Å². The van der Waals surface area contributed by atoms with Crippen LogP contribution in [0.25, 0.3) is 0 Å². The molecule has 84 valence electrons. The molecule has 0 unspecified atom stereocenters. The van der Waals surface area contributed by atoms with Crippen molar-refractivity contribution in [1.29, 1.82) is 0 Å². The maximum absolute atomic E-state index is 13.2. The van der Waals surface area contributed by atoms with Crippen molar-refractivity contribution >= 4 is 15.9 Å². The van der Waals surface area contributed by atoms with Crippen LogP contribution in [0.3, 0.4) is 0 Å². The lowest BCUT2D eigenvalue weighted by atomic mass is 10.1. The fourth-order valence-electron chi connectivity index (χ4n) is 1.23. The van der Waals surface area contributed by atoms with Crippen LogP contribution in [0.15, 0.2) is 22.7 Å². The minimum Gasteiger partial charge on any atom is -0.305 e. The molecule has 0 radical (unpaired) electrons. The molecule has 6 heteroatoms. The fraction of sp³-hybridized carbons (Fsp3) is 0.333. The highest BCUT2D eigenvalue weighted by molar-refractivity contribution is 9.10. The molecule has 0 aliphatic carbocycles. The maximum atomic E-state index is 13.2. The van der Waals surface area contributed by atoms with Crippen molar-refractivity contribution in [2.45, 2.75) is 12.2 Å². The topological polar surface area (TPSA) is 12.0 Å². The third kappa shape index (κ3) is 2.92. The van der Waals surface area contributed by atoms with Gasteiger partial charge in [-0.25, -0.2) is 4.39 Å². The average Bonchev–Trinajstić information content (AvgIpc) is 2.07. The Labute approximate surface area is 92.6 Å². The SMILES string of the molecule is CN[C@@H](c1ccc(Br)cc1F)C(F)(F)F. The van der Waals surface area contributed by atoms with Crippen LogP contribution in [-0.2, 0) is 0 Å². The van der Waals surface area contributed by atoms with Gasteiger partial charge in [0, 0.05) is 10.0 Å². The molecule has 1 aromatic rings. The van der Waals surface area contributed by atoms with Crippen molar-refractivity contribution in [3.05, 3.63) is 34.1 Å². The number of nitrogens with one attached hydrogen (secondary N) is 1. The van der Waals surface area contributed by atoms with Gasteiger partial charge in [0.15, 0.2) is 0 Å². The second-order valence-electron chi connectivity index (χ2n) is 2.93. The molecule has 1 atom stereocenters. The monoisotopic (exact) mass is 285 g/mol. The number of hydrogen-bond acceptors (Lipinski definition) is 1. The van der Waals surface area contributed by atoms with Gasteiger partial charge in [0.05, 0.1) is 0 Å². The quantitative estimate of drug-likeness (QED) is 0.821. The Kier molecular flexibility index (Phi) is 3.72. The molecule has 15 heavy (non-hydrogen) atoms. The van der Waals surface area contributed by atoms with Crippen molar-refractivity contribution < 1.29 is 17.6 Å². The van der Waals surface area contributed by atoms with Crippen LogP contribution in [0.4, 0.5) is 17.6 Å². The van der Waals surface area contributed by atoms with E-state index in [4.69, 9.17) is 0 Å². The van der Waals surface area contributed by atoms with E-state index in [9.17, 15) is 17.6 Å². The average molecular weight is 286 g/mol. The maximum Gasteiger partial charge on any atom is 0.408 e. The highest BCUT2D eigenvalue weighted by atomic mass is 79.9. The lowest BCUT2D eigenvalue weighted by Crippen LogP contribution is -2.32. The molecular formula is C9H8BrF4N. The van der Waals surface area contributed by atoms with E-state index >= 15 is 0 Å². The highest BCUT2D eigenvalue weighted by Crippen LogP contribution is 2.34. The molecule has 0 heterocycles. The minimum absolute atomic E-state index is 0.403. The second-order valence-corrected chi connectivity index (χ2v) is 3.84. The number of halogens is 5. The van der Waals surface area contributed by atoms with Crippen LogP contribution in [0.1, 0.15) is 11.6 Å². The summed E-state index contributed by atoms with van der Waals surface area (Å²) in [5, 5.41) is 2.04. The van der Waals surface area contributed by atoms with Gasteiger partial charge in [-0.15, -0.1) is 0 Å². The van der Waals surface area contributed by atoms with Crippen LogP contribution >= 0.6 is 15.9 Å². The predicted octanol–water partition coefficient (Wildman–Crippen LogP) is 3.41. The molecule has 0 amide bonds. The summed E-state index contributed by atoms with van der Waals surface area (Å²) in [6, 6.07) is 1.50. The minimum atomic E-state index is -4.51. The molecule has 0 spiro atoms. The fourth-order valence-corrected chi connectivity index (χ4v) is 1.56. The summed E-state index contributed by atoms with van der Waals surface area (Å²) in [6.45, 7) is 0. The van der Waals surface area contributed by atoms with Gasteiger partial charge in [-0.05, 0) is 19.2 Å². The van der Waals surface area contributed by atoms with E-state index in [1.807, 2.05) is 5.32 Å². The van der Waals surface area contributed by atoms with Gasteiger partial charge in [0.2, 0.25) is 0 Å². The first-order valence-corrected chi connectivity index (χ1v) is 4.84. The molecule has 0 saturated carbocycles. The van der Waals surface area contributed by atoms with Gasteiger partial charge in [0.1, 0.15) is 11.9 Å². The number of rotatable bonds is 2. The first kappa shape index (κ1) is 12.4. The first-order chi connectivity index (χ1) is 6.86. The Morgan fingerprint density at radius 3 is 2.33 bits per heavy atom. The smallest absolute Gasteiger partial charge is 0.305 e. The normalized spacial score (nSPS) is 14.0. The van der Waals surface area contributed by atoms with Gasteiger partial charge in [-0.2, -0.15) is 13.2 Å². The lowest BCUT2D eigenvalue weighted by Gasteiger charge is -2.20. The van der Waals surface area contributed by atoms with E-state index in [0.717, 1.165) is 19.2 Å². The van der Waals surface area contributed by atoms with Gasteiger partial charge >= 0.3 is 6.18 Å². The molecule has 0 saturated heterocycles. The molecule has 1 N–H and O–H groups in total. The highest BCUT2D eigenvalue weighted by Gasteiger charge is 2.41. The third-order valence-corrected chi connectivity index (χ3v) is 2.38. The Hall–Kier alpha value is -0.620. The zero-order valence-electron chi connectivity index (χ0n) is 7.70. The molecule has 0 fully saturated rings. The Morgan fingerprint density at radius 2 is 1.93 bits per heavy atom. The van der Waals surface area contributed by atoms with E-state index in [2.05, 4.69) is 15.9 Å². The zero-order valence-corrected chi connectivity index (χ0v) is 9.29. The van der Waals surface area contributed by atoms with Crippen molar-refractivity contribution in [2.75, 3.05) is 7.05 Å². The van der Waals surface area contributed by atoms with E-state index in [1.54, 1.807) is 0 Å². The molecular weight excluding hydrogens is 278 g/mol. The van der Waals surface area contributed by atoms with Crippen molar-refractivity contribution in [3.8, 4) is 0 Å². The molecule has 0 aliphatic rings. The number of alkyl halides is 3. The Morgan fingerprint density at radius 1 is 1.33 bits per heavy atom. The van der Waals surface area contributed by atoms with Gasteiger partial charge in [-0.1, -0.05) is 22.0 Å². The Balaban J connectivity index is 3.13. The van der Waals surface area contributed by atoms with Crippen molar-refractivity contribution in [2.24, 2.45) is 0 Å². The van der Waals surface area contributed by atoms with Crippen molar-refractivity contribution in [3.63, 3.8) is 0 Å². The zero-order chi connectivity index (χ0) is 11.6. The van der Waals surface area contributed by atoms with E-state index in [1.165, 1.54) is 6.07 Å². The van der Waals surface area contributed by atoms with Crippen LogP contribution < -0.4 is 5.32 Å². The molecule has 0 aliphatic heterocycles. The van der Waals surface area contributed by atoms with Gasteiger partial charge in [-0.3, -0.25) is 0 Å². The largest absolute Gasteiger partial charge is 0.408 e. The summed E-state index contributed by atoms with van der Waals surface area (Å²) < 4.78 is 51.0.